The van der Waals surface area contributed by atoms with Crippen LogP contribution < -0.4 is 14.2 Å². The molecule has 192 valence electrons. The Morgan fingerprint density at radius 2 is 1.67 bits per heavy atom. The molecule has 6 aromatic rings. The largest absolute Gasteiger partial charge is 0.493 e. The number of benzene rings is 2. The fourth-order valence-corrected chi connectivity index (χ4v) is 5.11. The molecule has 0 saturated carbocycles. The SMILES string of the molecule is COc1ccc(C2c3c(C)nn(-c4ccccc4)c3Oc3ncn4nc(-c5ccncc5)nc4c32)cc1OC. The average Bonchev–Trinajstić information content (AvgIpc) is 3.58. The van der Waals surface area contributed by atoms with E-state index >= 15 is 0 Å². The van der Waals surface area contributed by atoms with Gasteiger partial charge in [-0.15, -0.1) is 5.10 Å². The van der Waals surface area contributed by atoms with E-state index in [1.165, 1.54) is 0 Å². The van der Waals surface area contributed by atoms with Crippen LogP contribution in [0.2, 0.25) is 0 Å². The lowest BCUT2D eigenvalue weighted by atomic mass is 9.84. The van der Waals surface area contributed by atoms with Crippen molar-refractivity contribution >= 4 is 5.65 Å². The summed E-state index contributed by atoms with van der Waals surface area (Å²) in [4.78, 5) is 13.7. The van der Waals surface area contributed by atoms with E-state index in [1.807, 2.05) is 72.3 Å². The third kappa shape index (κ3) is 3.60. The quantitative estimate of drug-likeness (QED) is 0.315. The van der Waals surface area contributed by atoms with Gasteiger partial charge in [0.2, 0.25) is 11.8 Å². The first-order chi connectivity index (χ1) is 19.2. The van der Waals surface area contributed by atoms with E-state index in [1.54, 1.807) is 37.5 Å². The summed E-state index contributed by atoms with van der Waals surface area (Å²) in [7, 11) is 3.25. The summed E-state index contributed by atoms with van der Waals surface area (Å²) in [6.45, 7) is 1.99. The van der Waals surface area contributed by atoms with Gasteiger partial charge in [0.15, 0.2) is 23.0 Å². The van der Waals surface area contributed by atoms with E-state index in [0.717, 1.165) is 33.6 Å². The first-order valence-electron chi connectivity index (χ1n) is 12.4. The Morgan fingerprint density at radius 3 is 2.44 bits per heavy atom. The van der Waals surface area contributed by atoms with E-state index in [9.17, 15) is 0 Å². The molecule has 39 heavy (non-hydrogen) atoms. The van der Waals surface area contributed by atoms with E-state index in [4.69, 9.17) is 29.4 Å². The number of hydrogen-bond donors (Lipinski definition) is 0. The smallest absolute Gasteiger partial charge is 0.230 e. The molecule has 2 aromatic carbocycles. The highest BCUT2D eigenvalue weighted by Crippen LogP contribution is 2.50. The first-order valence-corrected chi connectivity index (χ1v) is 12.4. The number of methoxy groups -OCH3 is 2. The van der Waals surface area contributed by atoms with E-state index in [2.05, 4.69) is 9.97 Å². The Kier molecular flexibility index (Phi) is 5.25. The minimum absolute atomic E-state index is 0.313. The molecule has 0 radical (unpaired) electrons. The number of nitrogens with zero attached hydrogens (tertiary/aromatic N) is 7. The van der Waals surface area contributed by atoms with Crippen molar-refractivity contribution in [1.82, 2.24) is 34.3 Å². The van der Waals surface area contributed by atoms with E-state index < -0.39 is 0 Å². The lowest BCUT2D eigenvalue weighted by Crippen LogP contribution is -2.16. The first kappa shape index (κ1) is 22.9. The van der Waals surface area contributed by atoms with Crippen LogP contribution in [-0.4, -0.2) is 48.6 Å². The van der Waals surface area contributed by atoms with Crippen LogP contribution in [0.15, 0.2) is 79.4 Å². The van der Waals surface area contributed by atoms with E-state index in [-0.39, 0.29) is 5.92 Å². The second kappa shape index (κ2) is 8.95. The highest BCUT2D eigenvalue weighted by Gasteiger charge is 2.38. The molecular weight excluding hydrogens is 494 g/mol. The Balaban J connectivity index is 1.50. The maximum Gasteiger partial charge on any atom is 0.230 e. The van der Waals surface area contributed by atoms with Crippen LogP contribution >= 0.6 is 0 Å². The van der Waals surface area contributed by atoms with Gasteiger partial charge in [-0.1, -0.05) is 24.3 Å². The predicted octanol–water partition coefficient (Wildman–Crippen LogP) is 4.98. The lowest BCUT2D eigenvalue weighted by Gasteiger charge is -2.26. The number of ether oxygens (including phenoxy) is 3. The van der Waals surface area contributed by atoms with Gasteiger partial charge >= 0.3 is 0 Å². The van der Waals surface area contributed by atoms with Crippen molar-refractivity contribution in [2.75, 3.05) is 14.2 Å². The standard InChI is InChI=1S/C29H23N7O3/c1-17-23-24(19-9-10-21(37-2)22(15-19)38-3)25-27-32-26(18-11-13-30-14-12-18)34-35(27)16-31-28(25)39-29(23)36(33-17)20-7-5-4-6-8-20/h4-16,24H,1-3H3. The zero-order valence-corrected chi connectivity index (χ0v) is 21.4. The van der Waals surface area contributed by atoms with Gasteiger partial charge in [-0.3, -0.25) is 4.98 Å². The lowest BCUT2D eigenvalue weighted by molar-refractivity contribution is 0.354. The molecule has 0 N–H and O–H groups in total. The zero-order chi connectivity index (χ0) is 26.5. The Labute approximate surface area is 223 Å². The molecule has 4 aromatic heterocycles. The monoisotopic (exact) mass is 517 g/mol. The van der Waals surface area contributed by atoms with Gasteiger partial charge in [0.05, 0.1) is 42.6 Å². The van der Waals surface area contributed by atoms with Gasteiger partial charge < -0.3 is 14.2 Å². The summed E-state index contributed by atoms with van der Waals surface area (Å²) in [5, 5.41) is 9.59. The summed E-state index contributed by atoms with van der Waals surface area (Å²) in [6.07, 6.45) is 5.06. The van der Waals surface area contributed by atoms with E-state index in [0.29, 0.717) is 34.7 Å². The summed E-state index contributed by atoms with van der Waals surface area (Å²) in [5.74, 6) is 2.57. The van der Waals surface area contributed by atoms with Crippen molar-refractivity contribution in [3.8, 4) is 40.3 Å². The van der Waals surface area contributed by atoms with Gasteiger partial charge in [0.25, 0.3) is 0 Å². The second-order valence-corrected chi connectivity index (χ2v) is 9.10. The maximum absolute atomic E-state index is 6.50. The molecule has 1 unspecified atom stereocenters. The zero-order valence-electron chi connectivity index (χ0n) is 21.4. The van der Waals surface area contributed by atoms with Crippen LogP contribution in [0.25, 0.3) is 22.7 Å². The normalized spacial score (nSPS) is 14.0. The number of fused-ring (bicyclic) bond motifs is 4. The van der Waals surface area contributed by atoms with Crippen molar-refractivity contribution in [2.45, 2.75) is 12.8 Å². The predicted molar refractivity (Wildman–Crippen MR) is 143 cm³/mol. The average molecular weight is 518 g/mol. The molecule has 1 aliphatic rings. The Bertz CT molecular complexity index is 1830. The molecule has 5 heterocycles. The van der Waals surface area contributed by atoms with Gasteiger partial charge in [0.1, 0.15) is 6.33 Å². The summed E-state index contributed by atoms with van der Waals surface area (Å²) < 4.78 is 21.2. The third-order valence-corrected chi connectivity index (χ3v) is 6.90. The fourth-order valence-electron chi connectivity index (χ4n) is 5.11. The molecule has 0 saturated heterocycles. The summed E-state index contributed by atoms with van der Waals surface area (Å²) in [6, 6.07) is 19.6. The molecule has 0 bridgehead atoms. The molecule has 1 aliphatic heterocycles. The Hall–Kier alpha value is -5.25. The molecule has 0 aliphatic carbocycles. The van der Waals surface area contributed by atoms with Crippen molar-refractivity contribution < 1.29 is 14.2 Å². The maximum atomic E-state index is 6.50. The number of rotatable bonds is 5. The number of para-hydroxylation sites is 1. The van der Waals surface area contributed by atoms with Gasteiger partial charge in [0, 0.05) is 18.0 Å². The molecular formula is C29H23N7O3. The van der Waals surface area contributed by atoms with Gasteiger partial charge in [-0.05, 0) is 48.9 Å². The van der Waals surface area contributed by atoms with Crippen LogP contribution in [0.3, 0.4) is 0 Å². The third-order valence-electron chi connectivity index (χ3n) is 6.90. The summed E-state index contributed by atoms with van der Waals surface area (Å²) in [5.41, 5.74) is 5.88. The second-order valence-electron chi connectivity index (χ2n) is 9.10. The minimum Gasteiger partial charge on any atom is -0.493 e. The number of pyridine rings is 1. The van der Waals surface area contributed by atoms with Gasteiger partial charge in [-0.2, -0.15) is 5.10 Å². The van der Waals surface area contributed by atoms with Gasteiger partial charge in [-0.25, -0.2) is 19.2 Å². The minimum atomic E-state index is -0.313. The molecule has 7 rings (SSSR count). The highest BCUT2D eigenvalue weighted by molar-refractivity contribution is 5.69. The van der Waals surface area contributed by atoms with Crippen molar-refractivity contribution in [1.29, 1.82) is 0 Å². The molecule has 10 nitrogen and oxygen atoms in total. The van der Waals surface area contributed by atoms with Crippen molar-refractivity contribution in [3.05, 3.63) is 102 Å². The molecule has 10 heteroatoms. The topological polar surface area (TPSA) is 101 Å². The molecule has 1 atom stereocenters. The van der Waals surface area contributed by atoms with Crippen LogP contribution in [0, 0.1) is 6.92 Å². The van der Waals surface area contributed by atoms with Crippen LogP contribution in [0.4, 0.5) is 0 Å². The number of aryl methyl sites for hydroxylation is 1. The number of hydrogen-bond acceptors (Lipinski definition) is 8. The molecule has 0 spiro atoms. The molecule has 0 fully saturated rings. The molecule has 0 amide bonds. The highest BCUT2D eigenvalue weighted by atomic mass is 16.5. The van der Waals surface area contributed by atoms with Crippen LogP contribution in [0.1, 0.15) is 28.3 Å². The fraction of sp³-hybridized carbons (Fsp3) is 0.138. The van der Waals surface area contributed by atoms with Crippen molar-refractivity contribution in [3.63, 3.8) is 0 Å². The number of aromatic nitrogens is 7. The van der Waals surface area contributed by atoms with Crippen LogP contribution in [-0.2, 0) is 0 Å². The van der Waals surface area contributed by atoms with Crippen LogP contribution in [0.5, 0.6) is 23.3 Å². The Morgan fingerprint density at radius 1 is 0.872 bits per heavy atom. The van der Waals surface area contributed by atoms with Crippen molar-refractivity contribution in [2.24, 2.45) is 0 Å². The summed E-state index contributed by atoms with van der Waals surface area (Å²) >= 11 is 0.